The van der Waals surface area contributed by atoms with Crippen LogP contribution in [0.5, 0.6) is 0 Å². The van der Waals surface area contributed by atoms with Crippen molar-refractivity contribution >= 4 is 5.97 Å². The number of hydrogen-bond acceptors (Lipinski definition) is 3. The van der Waals surface area contributed by atoms with Crippen LogP contribution in [0.3, 0.4) is 0 Å². The second-order valence-electron chi connectivity index (χ2n) is 10.9. The van der Waals surface area contributed by atoms with Gasteiger partial charge in [-0.15, -0.1) is 0 Å². The third-order valence-electron chi connectivity index (χ3n) is 9.62. The summed E-state index contributed by atoms with van der Waals surface area (Å²) in [6, 6.07) is 0. The molecule has 0 aromatic carbocycles. The molecule has 4 aliphatic rings. The minimum atomic E-state index is -0.711. The minimum absolute atomic E-state index is 0.109. The maximum absolute atomic E-state index is 11.2. The van der Waals surface area contributed by atoms with Crippen LogP contribution in [-0.2, 0) is 4.79 Å². The van der Waals surface area contributed by atoms with Crippen LogP contribution in [0, 0.1) is 40.4 Å². The van der Waals surface area contributed by atoms with E-state index in [4.69, 9.17) is 5.11 Å². The first-order valence-corrected chi connectivity index (χ1v) is 11.4. The van der Waals surface area contributed by atoms with Crippen molar-refractivity contribution in [1.82, 2.24) is 0 Å². The number of carbonyl (C=O) groups is 1. The molecule has 3 N–H and O–H groups in total. The van der Waals surface area contributed by atoms with E-state index in [1.807, 2.05) is 0 Å². The number of aliphatic carboxylic acids is 1. The Kier molecular flexibility index (Phi) is 5.19. The van der Waals surface area contributed by atoms with Gasteiger partial charge in [-0.1, -0.05) is 32.4 Å². The van der Waals surface area contributed by atoms with E-state index in [9.17, 15) is 15.0 Å². The second kappa shape index (κ2) is 7.12. The zero-order valence-electron chi connectivity index (χ0n) is 17.7. The summed E-state index contributed by atoms with van der Waals surface area (Å²) >= 11 is 0. The van der Waals surface area contributed by atoms with Crippen molar-refractivity contribution in [2.24, 2.45) is 40.4 Å². The molecule has 0 saturated heterocycles. The standard InChI is InChI=1S/C24H38O4/c1-14(4-7-21(27)28)17-5-6-18-22-19(9-11-24(17,18)3)23(2)10-8-16(25)12-15(23)13-20(22)26/h5,14-16,18-20,22,25-26H,4,6-13H2,1-3H3,(H,27,28)/t14-,15+,16-,18+,19+,20-,22+,23+,24-/m1/s1. The predicted molar refractivity (Wildman–Crippen MR) is 109 cm³/mol. The lowest BCUT2D eigenvalue weighted by Gasteiger charge is -2.62. The molecule has 4 nitrogen and oxygen atoms in total. The van der Waals surface area contributed by atoms with Crippen molar-refractivity contribution in [2.45, 2.75) is 90.8 Å². The number of carboxylic acids is 1. The van der Waals surface area contributed by atoms with Crippen LogP contribution >= 0.6 is 0 Å². The number of hydrogen-bond donors (Lipinski definition) is 3. The van der Waals surface area contributed by atoms with E-state index in [1.54, 1.807) is 0 Å². The molecule has 3 saturated carbocycles. The van der Waals surface area contributed by atoms with Gasteiger partial charge in [-0.2, -0.15) is 0 Å². The zero-order chi connectivity index (χ0) is 20.3. The third kappa shape index (κ3) is 3.06. The van der Waals surface area contributed by atoms with Crippen molar-refractivity contribution < 1.29 is 20.1 Å². The number of fused-ring (bicyclic) bond motifs is 5. The lowest BCUT2D eigenvalue weighted by molar-refractivity contribution is -0.166. The van der Waals surface area contributed by atoms with Crippen LogP contribution in [0.15, 0.2) is 11.6 Å². The van der Waals surface area contributed by atoms with E-state index in [-0.39, 0.29) is 29.5 Å². The first-order chi connectivity index (χ1) is 13.2. The third-order valence-corrected chi connectivity index (χ3v) is 9.62. The summed E-state index contributed by atoms with van der Waals surface area (Å²) < 4.78 is 0. The van der Waals surface area contributed by atoms with E-state index in [1.165, 1.54) is 5.57 Å². The van der Waals surface area contributed by atoms with E-state index < -0.39 is 5.97 Å². The predicted octanol–water partition coefficient (Wildman–Crippen LogP) is 4.40. The molecule has 0 heterocycles. The normalized spacial score (nSPS) is 48.8. The molecule has 0 radical (unpaired) electrons. The van der Waals surface area contributed by atoms with Crippen LogP contribution in [-0.4, -0.2) is 33.5 Å². The van der Waals surface area contributed by atoms with Crippen LogP contribution < -0.4 is 0 Å². The van der Waals surface area contributed by atoms with Gasteiger partial charge in [0, 0.05) is 6.42 Å². The van der Waals surface area contributed by atoms with Gasteiger partial charge in [0.1, 0.15) is 0 Å². The largest absolute Gasteiger partial charge is 0.481 e. The Hall–Kier alpha value is -0.870. The van der Waals surface area contributed by atoms with Crippen LogP contribution in [0.2, 0.25) is 0 Å². The summed E-state index contributed by atoms with van der Waals surface area (Å²) in [5, 5.41) is 30.5. The highest BCUT2D eigenvalue weighted by molar-refractivity contribution is 5.66. The molecule has 0 aliphatic heterocycles. The van der Waals surface area contributed by atoms with Gasteiger partial charge in [0.2, 0.25) is 0 Å². The molecule has 9 atom stereocenters. The average molecular weight is 391 g/mol. The van der Waals surface area contributed by atoms with Crippen molar-refractivity contribution in [3.8, 4) is 0 Å². The van der Waals surface area contributed by atoms with E-state index in [0.29, 0.717) is 36.0 Å². The maximum Gasteiger partial charge on any atom is 0.303 e. The molecule has 4 aliphatic carbocycles. The van der Waals surface area contributed by atoms with Crippen molar-refractivity contribution in [2.75, 3.05) is 0 Å². The van der Waals surface area contributed by atoms with Crippen molar-refractivity contribution in [1.29, 1.82) is 0 Å². The summed E-state index contributed by atoms with van der Waals surface area (Å²) in [5.41, 5.74) is 1.82. The number of aliphatic hydroxyl groups excluding tert-OH is 2. The molecule has 0 aromatic rings. The van der Waals surface area contributed by atoms with Gasteiger partial charge in [-0.25, -0.2) is 0 Å². The molecule has 28 heavy (non-hydrogen) atoms. The summed E-state index contributed by atoms with van der Waals surface area (Å²) in [4.78, 5) is 11.0. The van der Waals surface area contributed by atoms with E-state index in [0.717, 1.165) is 44.9 Å². The first kappa shape index (κ1) is 20.4. The highest BCUT2D eigenvalue weighted by Crippen LogP contribution is 2.67. The Morgan fingerprint density at radius 1 is 1.18 bits per heavy atom. The zero-order valence-corrected chi connectivity index (χ0v) is 17.7. The van der Waals surface area contributed by atoms with Crippen LogP contribution in [0.25, 0.3) is 0 Å². The lowest BCUT2D eigenvalue weighted by atomic mass is 9.43. The fourth-order valence-corrected chi connectivity index (χ4v) is 8.07. The molecular weight excluding hydrogens is 352 g/mol. The fraction of sp³-hybridized carbons (Fsp3) is 0.875. The number of allylic oxidation sites excluding steroid dienone is 2. The molecule has 158 valence electrons. The minimum Gasteiger partial charge on any atom is -0.481 e. The number of carboxylic acid groups (broad SMARTS) is 1. The average Bonchev–Trinajstić information content (AvgIpc) is 2.98. The van der Waals surface area contributed by atoms with E-state index in [2.05, 4.69) is 26.8 Å². The molecule has 0 unspecified atom stereocenters. The van der Waals surface area contributed by atoms with Gasteiger partial charge >= 0.3 is 5.97 Å². The Labute approximate surface area is 169 Å². The quantitative estimate of drug-likeness (QED) is 0.622. The second-order valence-corrected chi connectivity index (χ2v) is 10.9. The lowest BCUT2D eigenvalue weighted by Crippen LogP contribution is -2.58. The van der Waals surface area contributed by atoms with Gasteiger partial charge in [-0.05, 0) is 91.8 Å². The smallest absolute Gasteiger partial charge is 0.303 e. The molecule has 3 fully saturated rings. The Morgan fingerprint density at radius 3 is 2.64 bits per heavy atom. The maximum atomic E-state index is 11.2. The number of aliphatic hydroxyl groups is 2. The van der Waals surface area contributed by atoms with Gasteiger partial charge in [0.25, 0.3) is 0 Å². The Balaban J connectivity index is 1.56. The monoisotopic (exact) mass is 390 g/mol. The fourth-order valence-electron chi connectivity index (χ4n) is 8.07. The Morgan fingerprint density at radius 2 is 1.93 bits per heavy atom. The van der Waals surface area contributed by atoms with Gasteiger partial charge in [0.15, 0.2) is 0 Å². The summed E-state index contributed by atoms with van der Waals surface area (Å²) in [7, 11) is 0. The van der Waals surface area contributed by atoms with Crippen molar-refractivity contribution in [3.05, 3.63) is 11.6 Å². The topological polar surface area (TPSA) is 77.8 Å². The molecule has 4 heteroatoms. The summed E-state index contributed by atoms with van der Waals surface area (Å²) in [5.74, 6) is 1.41. The summed E-state index contributed by atoms with van der Waals surface area (Å²) in [6.45, 7) is 7.01. The molecule has 0 bridgehead atoms. The summed E-state index contributed by atoms with van der Waals surface area (Å²) in [6.07, 6.45) is 9.91. The van der Waals surface area contributed by atoms with E-state index >= 15 is 0 Å². The highest BCUT2D eigenvalue weighted by atomic mass is 16.4. The van der Waals surface area contributed by atoms with Gasteiger partial charge in [-0.3, -0.25) is 4.79 Å². The highest BCUT2D eigenvalue weighted by Gasteiger charge is 2.61. The van der Waals surface area contributed by atoms with Gasteiger partial charge < -0.3 is 15.3 Å². The Bertz CT molecular complexity index is 657. The number of rotatable bonds is 4. The molecule has 0 amide bonds. The SMILES string of the molecule is C[C@H](CCC(=O)O)C1=CC[C@H]2[C@@H]3[C@H](O)C[C@@H]4C[C@H](O)CC[C@]4(C)[C@H]3CC[C@]12C. The molecule has 4 rings (SSSR count). The molecule has 0 spiro atoms. The van der Waals surface area contributed by atoms with Crippen LogP contribution in [0.4, 0.5) is 0 Å². The van der Waals surface area contributed by atoms with Crippen LogP contribution in [0.1, 0.15) is 78.6 Å². The first-order valence-electron chi connectivity index (χ1n) is 11.4. The molecule has 0 aromatic heterocycles. The van der Waals surface area contributed by atoms with Crippen molar-refractivity contribution in [3.63, 3.8) is 0 Å². The van der Waals surface area contributed by atoms with Gasteiger partial charge in [0.05, 0.1) is 12.2 Å². The molecular formula is C24H38O4.